The average molecular weight is 393 g/mol. The predicted molar refractivity (Wildman–Crippen MR) is 113 cm³/mol. The normalized spacial score (nSPS) is 17.0. The maximum atomic E-state index is 12.7. The van der Waals surface area contributed by atoms with Gasteiger partial charge in [0, 0.05) is 12.1 Å². The number of carbonyl (C=O) groups is 1. The number of methoxy groups -OCH3 is 1. The van der Waals surface area contributed by atoms with Crippen LogP contribution < -0.4 is 10.1 Å². The molecule has 0 radical (unpaired) electrons. The third-order valence-corrected chi connectivity index (χ3v) is 5.09. The number of oxazole rings is 1. The zero-order chi connectivity index (χ0) is 20.6. The molecular formula is C23H27N3O3. The summed E-state index contributed by atoms with van der Waals surface area (Å²) in [5.74, 6) is 1.42. The third kappa shape index (κ3) is 4.06. The molecule has 1 N–H and O–H groups in total. The zero-order valence-corrected chi connectivity index (χ0v) is 17.4. The van der Waals surface area contributed by atoms with Gasteiger partial charge in [-0.1, -0.05) is 18.2 Å². The SMILES string of the molecule is COc1cccc(-c2ccc3oc([C@H]4CCCN4C(=O)NC(C)(C)C)nc3c2)c1. The Hall–Kier alpha value is -3.02. The number of amides is 2. The van der Waals surface area contributed by atoms with E-state index in [1.54, 1.807) is 7.11 Å². The number of likely N-dealkylation sites (tertiary alicyclic amines) is 1. The molecular weight excluding hydrogens is 366 g/mol. The smallest absolute Gasteiger partial charge is 0.318 e. The standard InChI is InChI=1S/C23H27N3O3/c1-23(2,3)25-22(27)26-12-6-9-19(26)21-24-18-14-16(10-11-20(18)29-21)15-7-5-8-17(13-15)28-4/h5,7-8,10-11,13-14,19H,6,9,12H2,1-4H3,(H,25,27)/t19-/m1/s1. The number of aromatic nitrogens is 1. The third-order valence-electron chi connectivity index (χ3n) is 5.09. The van der Waals surface area contributed by atoms with E-state index in [0.717, 1.165) is 40.8 Å². The van der Waals surface area contributed by atoms with Gasteiger partial charge in [0.1, 0.15) is 17.3 Å². The van der Waals surface area contributed by atoms with Crippen LogP contribution in [0.25, 0.3) is 22.2 Å². The monoisotopic (exact) mass is 393 g/mol. The van der Waals surface area contributed by atoms with Crippen LogP contribution >= 0.6 is 0 Å². The fraction of sp³-hybridized carbons (Fsp3) is 0.391. The molecule has 2 heterocycles. The number of rotatable bonds is 3. The van der Waals surface area contributed by atoms with Gasteiger partial charge in [0.15, 0.2) is 5.58 Å². The molecule has 6 heteroatoms. The second kappa shape index (κ2) is 7.43. The summed E-state index contributed by atoms with van der Waals surface area (Å²) in [6.45, 7) is 6.65. The van der Waals surface area contributed by atoms with Crippen LogP contribution in [-0.4, -0.2) is 35.1 Å². The summed E-state index contributed by atoms with van der Waals surface area (Å²) in [5.41, 5.74) is 3.35. The molecule has 1 aromatic heterocycles. The Morgan fingerprint density at radius 2 is 2.00 bits per heavy atom. The van der Waals surface area contributed by atoms with Gasteiger partial charge in [-0.25, -0.2) is 9.78 Å². The van der Waals surface area contributed by atoms with Gasteiger partial charge in [0.2, 0.25) is 5.89 Å². The lowest BCUT2D eigenvalue weighted by molar-refractivity contribution is 0.176. The molecule has 6 nitrogen and oxygen atoms in total. The summed E-state index contributed by atoms with van der Waals surface area (Å²) in [5, 5.41) is 3.04. The minimum Gasteiger partial charge on any atom is -0.497 e. The maximum Gasteiger partial charge on any atom is 0.318 e. The highest BCUT2D eigenvalue weighted by Crippen LogP contribution is 2.34. The quantitative estimate of drug-likeness (QED) is 0.668. The first-order valence-electron chi connectivity index (χ1n) is 9.98. The van der Waals surface area contributed by atoms with Crippen molar-refractivity contribution in [2.45, 2.75) is 45.2 Å². The van der Waals surface area contributed by atoms with E-state index < -0.39 is 0 Å². The van der Waals surface area contributed by atoms with Crippen LogP contribution in [0.4, 0.5) is 4.79 Å². The summed E-state index contributed by atoms with van der Waals surface area (Å²) in [7, 11) is 1.66. The van der Waals surface area contributed by atoms with Crippen molar-refractivity contribution in [2.75, 3.05) is 13.7 Å². The second-order valence-corrected chi connectivity index (χ2v) is 8.50. The van der Waals surface area contributed by atoms with Gasteiger partial charge < -0.3 is 19.4 Å². The Morgan fingerprint density at radius 3 is 2.76 bits per heavy atom. The number of hydrogen-bond donors (Lipinski definition) is 1. The van der Waals surface area contributed by atoms with E-state index in [-0.39, 0.29) is 17.6 Å². The molecule has 1 atom stereocenters. The van der Waals surface area contributed by atoms with E-state index in [0.29, 0.717) is 12.4 Å². The topological polar surface area (TPSA) is 67.6 Å². The molecule has 1 aliphatic heterocycles. The van der Waals surface area contributed by atoms with Crippen molar-refractivity contribution in [3.05, 3.63) is 48.4 Å². The highest BCUT2D eigenvalue weighted by Gasteiger charge is 2.34. The number of urea groups is 1. The van der Waals surface area contributed by atoms with E-state index in [1.165, 1.54) is 0 Å². The zero-order valence-electron chi connectivity index (χ0n) is 17.4. The van der Waals surface area contributed by atoms with E-state index >= 15 is 0 Å². The number of nitrogens with zero attached hydrogens (tertiary/aromatic N) is 2. The summed E-state index contributed by atoms with van der Waals surface area (Å²) in [6.07, 6.45) is 1.79. The van der Waals surface area contributed by atoms with Crippen molar-refractivity contribution >= 4 is 17.1 Å². The Morgan fingerprint density at radius 1 is 1.21 bits per heavy atom. The number of nitrogens with one attached hydrogen (secondary N) is 1. The van der Waals surface area contributed by atoms with Gasteiger partial charge in [0.05, 0.1) is 7.11 Å². The molecule has 0 saturated carbocycles. The fourth-order valence-corrected chi connectivity index (χ4v) is 3.73. The first-order valence-corrected chi connectivity index (χ1v) is 9.98. The van der Waals surface area contributed by atoms with Crippen molar-refractivity contribution in [2.24, 2.45) is 0 Å². The summed E-state index contributed by atoms with van der Waals surface area (Å²) >= 11 is 0. The van der Waals surface area contributed by atoms with E-state index in [4.69, 9.17) is 14.1 Å². The summed E-state index contributed by atoms with van der Waals surface area (Å²) < 4.78 is 11.4. The lowest BCUT2D eigenvalue weighted by Gasteiger charge is -2.28. The van der Waals surface area contributed by atoms with Crippen molar-refractivity contribution in [1.29, 1.82) is 0 Å². The molecule has 0 bridgehead atoms. The maximum absolute atomic E-state index is 12.7. The lowest BCUT2D eigenvalue weighted by atomic mass is 10.1. The Kier molecular flexibility index (Phi) is 4.94. The molecule has 0 unspecified atom stereocenters. The van der Waals surface area contributed by atoms with Gasteiger partial charge in [-0.3, -0.25) is 0 Å². The van der Waals surface area contributed by atoms with Crippen LogP contribution in [0.5, 0.6) is 5.75 Å². The number of ether oxygens (including phenoxy) is 1. The summed E-state index contributed by atoms with van der Waals surface area (Å²) in [4.78, 5) is 19.3. The van der Waals surface area contributed by atoms with E-state index in [9.17, 15) is 4.79 Å². The van der Waals surface area contributed by atoms with Gasteiger partial charge in [-0.05, 0) is 69.0 Å². The van der Waals surface area contributed by atoms with Crippen molar-refractivity contribution in [3.63, 3.8) is 0 Å². The number of hydrogen-bond acceptors (Lipinski definition) is 4. The molecule has 2 aromatic carbocycles. The van der Waals surface area contributed by atoms with Crippen molar-refractivity contribution in [1.82, 2.24) is 15.2 Å². The van der Waals surface area contributed by atoms with Gasteiger partial charge in [-0.2, -0.15) is 0 Å². The number of fused-ring (bicyclic) bond motifs is 1. The largest absolute Gasteiger partial charge is 0.497 e. The minimum atomic E-state index is -0.281. The van der Waals surface area contributed by atoms with Crippen LogP contribution in [0.3, 0.4) is 0 Å². The number of carbonyl (C=O) groups excluding carboxylic acids is 1. The second-order valence-electron chi connectivity index (χ2n) is 8.50. The summed E-state index contributed by atoms with van der Waals surface area (Å²) in [6, 6.07) is 13.7. The lowest BCUT2D eigenvalue weighted by Crippen LogP contribution is -2.48. The van der Waals surface area contributed by atoms with Gasteiger partial charge in [0.25, 0.3) is 0 Å². The average Bonchev–Trinajstić information content (AvgIpc) is 3.32. The first-order chi connectivity index (χ1) is 13.8. The molecule has 1 saturated heterocycles. The van der Waals surface area contributed by atoms with Crippen LogP contribution in [0.2, 0.25) is 0 Å². The first kappa shape index (κ1) is 19.3. The predicted octanol–water partition coefficient (Wildman–Crippen LogP) is 5.15. The Bertz CT molecular complexity index is 1040. The van der Waals surface area contributed by atoms with E-state index in [1.807, 2.05) is 68.1 Å². The highest BCUT2D eigenvalue weighted by molar-refractivity contribution is 5.81. The fourth-order valence-electron chi connectivity index (χ4n) is 3.73. The van der Waals surface area contributed by atoms with Gasteiger partial charge in [-0.15, -0.1) is 0 Å². The molecule has 29 heavy (non-hydrogen) atoms. The van der Waals surface area contributed by atoms with Crippen LogP contribution in [0, 0.1) is 0 Å². The highest BCUT2D eigenvalue weighted by atomic mass is 16.5. The molecule has 0 aliphatic carbocycles. The molecule has 1 aliphatic rings. The molecule has 3 aromatic rings. The number of benzene rings is 2. The van der Waals surface area contributed by atoms with Crippen LogP contribution in [0.1, 0.15) is 45.5 Å². The van der Waals surface area contributed by atoms with Crippen molar-refractivity contribution in [3.8, 4) is 16.9 Å². The molecule has 1 fully saturated rings. The van der Waals surface area contributed by atoms with Crippen LogP contribution in [0.15, 0.2) is 46.9 Å². The Balaban J connectivity index is 1.62. The molecule has 152 valence electrons. The Labute approximate surface area is 170 Å². The minimum absolute atomic E-state index is 0.0701. The van der Waals surface area contributed by atoms with E-state index in [2.05, 4.69) is 5.32 Å². The van der Waals surface area contributed by atoms with Crippen molar-refractivity contribution < 1.29 is 13.9 Å². The molecule has 0 spiro atoms. The van der Waals surface area contributed by atoms with Crippen LogP contribution in [-0.2, 0) is 0 Å². The van der Waals surface area contributed by atoms with Gasteiger partial charge >= 0.3 is 6.03 Å². The molecule has 2 amide bonds. The molecule has 4 rings (SSSR count).